The third-order valence-corrected chi connectivity index (χ3v) is 5.83. The van der Waals surface area contributed by atoms with Crippen molar-refractivity contribution in [2.75, 3.05) is 11.9 Å². The van der Waals surface area contributed by atoms with Crippen molar-refractivity contribution in [3.05, 3.63) is 90.6 Å². The molecule has 0 atom stereocenters. The number of rotatable bonds is 7. The minimum absolute atomic E-state index is 0.651. The Labute approximate surface area is 190 Å². The highest BCUT2D eigenvalue weighted by Gasteiger charge is 2.13. The molecule has 0 aliphatic carbocycles. The van der Waals surface area contributed by atoms with Crippen LogP contribution in [0, 0.1) is 0 Å². The second-order valence-electron chi connectivity index (χ2n) is 7.07. The van der Waals surface area contributed by atoms with E-state index >= 15 is 0 Å². The van der Waals surface area contributed by atoms with E-state index in [0.717, 1.165) is 50.1 Å². The molecule has 0 bridgehead atoms. The highest BCUT2D eigenvalue weighted by atomic mass is 32.1. The maximum Gasteiger partial charge on any atom is 0.143 e. The first kappa shape index (κ1) is 20.0. The number of nitrogens with zero attached hydrogens (tertiary/aromatic N) is 2. The summed E-state index contributed by atoms with van der Waals surface area (Å²) in [4.78, 5) is 9.93. The van der Waals surface area contributed by atoms with Crippen LogP contribution in [0.4, 0.5) is 11.5 Å². The van der Waals surface area contributed by atoms with Crippen molar-refractivity contribution in [3.8, 4) is 28.4 Å². The van der Waals surface area contributed by atoms with E-state index in [1.54, 1.807) is 17.7 Å². The maximum absolute atomic E-state index is 5.88. The van der Waals surface area contributed by atoms with E-state index in [9.17, 15) is 0 Å². The van der Waals surface area contributed by atoms with Crippen molar-refractivity contribution in [2.45, 2.75) is 6.92 Å². The molecule has 6 heteroatoms. The standard InChI is InChI=1S/C26H21N3O2S/c1-2-30-20-12-8-18(9-13-20)23-16-32-26-24(23)25(27-17-28-26)29-19-10-14-22(15-11-19)31-21-6-4-3-5-7-21/h3-17H,2H2,1H3,(H,27,28,29). The van der Waals surface area contributed by atoms with Gasteiger partial charge in [-0.15, -0.1) is 11.3 Å². The minimum atomic E-state index is 0.651. The van der Waals surface area contributed by atoms with Gasteiger partial charge < -0.3 is 14.8 Å². The van der Waals surface area contributed by atoms with Crippen LogP contribution in [0.2, 0.25) is 0 Å². The molecule has 5 rings (SSSR count). The first-order valence-corrected chi connectivity index (χ1v) is 11.2. The number of ether oxygens (including phenoxy) is 2. The third kappa shape index (κ3) is 4.26. The van der Waals surface area contributed by atoms with E-state index in [1.807, 2.05) is 73.7 Å². The first-order valence-electron chi connectivity index (χ1n) is 10.4. The normalized spacial score (nSPS) is 10.8. The molecule has 1 N–H and O–H groups in total. The van der Waals surface area contributed by atoms with Crippen LogP contribution in [0.25, 0.3) is 21.3 Å². The SMILES string of the molecule is CCOc1ccc(-c2csc3ncnc(Nc4ccc(Oc5ccccc5)cc4)c23)cc1. The van der Waals surface area contributed by atoms with Crippen LogP contribution in [-0.4, -0.2) is 16.6 Å². The predicted molar refractivity (Wildman–Crippen MR) is 130 cm³/mol. The molecular weight excluding hydrogens is 418 g/mol. The molecule has 0 radical (unpaired) electrons. The van der Waals surface area contributed by atoms with Crippen LogP contribution in [0.5, 0.6) is 17.2 Å². The van der Waals surface area contributed by atoms with Crippen LogP contribution in [0.1, 0.15) is 6.92 Å². The van der Waals surface area contributed by atoms with Crippen molar-refractivity contribution in [2.24, 2.45) is 0 Å². The van der Waals surface area contributed by atoms with Gasteiger partial charge in [-0.3, -0.25) is 0 Å². The van der Waals surface area contributed by atoms with E-state index in [4.69, 9.17) is 9.47 Å². The molecule has 0 aliphatic heterocycles. The Bertz CT molecular complexity index is 1320. The lowest BCUT2D eigenvalue weighted by Gasteiger charge is -2.10. The maximum atomic E-state index is 5.88. The van der Waals surface area contributed by atoms with E-state index in [2.05, 4.69) is 32.8 Å². The molecule has 0 aliphatic rings. The molecule has 3 aromatic carbocycles. The number of para-hydroxylation sites is 1. The number of thiophene rings is 1. The summed E-state index contributed by atoms with van der Waals surface area (Å²) in [5.74, 6) is 3.23. The fourth-order valence-electron chi connectivity index (χ4n) is 3.45. The molecule has 158 valence electrons. The van der Waals surface area contributed by atoms with Gasteiger partial charge in [-0.2, -0.15) is 0 Å². The Morgan fingerprint density at radius 1 is 0.812 bits per heavy atom. The highest BCUT2D eigenvalue weighted by Crippen LogP contribution is 2.38. The lowest BCUT2D eigenvalue weighted by Crippen LogP contribution is -1.96. The summed E-state index contributed by atoms with van der Waals surface area (Å²) in [7, 11) is 0. The summed E-state index contributed by atoms with van der Waals surface area (Å²) >= 11 is 1.61. The molecule has 0 amide bonds. The van der Waals surface area contributed by atoms with Crippen molar-refractivity contribution < 1.29 is 9.47 Å². The number of aromatic nitrogens is 2. The van der Waals surface area contributed by atoms with Crippen LogP contribution < -0.4 is 14.8 Å². The van der Waals surface area contributed by atoms with Gasteiger partial charge in [0.05, 0.1) is 12.0 Å². The Morgan fingerprint density at radius 2 is 1.53 bits per heavy atom. The molecule has 0 fully saturated rings. The summed E-state index contributed by atoms with van der Waals surface area (Å²) in [6, 6.07) is 25.7. The van der Waals surface area contributed by atoms with E-state index in [-0.39, 0.29) is 0 Å². The number of hydrogen-bond acceptors (Lipinski definition) is 6. The lowest BCUT2D eigenvalue weighted by molar-refractivity contribution is 0.340. The second-order valence-corrected chi connectivity index (χ2v) is 7.93. The van der Waals surface area contributed by atoms with Gasteiger partial charge in [-0.1, -0.05) is 30.3 Å². The van der Waals surface area contributed by atoms with Crippen molar-refractivity contribution in [1.82, 2.24) is 9.97 Å². The molecule has 5 aromatic rings. The van der Waals surface area contributed by atoms with Gasteiger partial charge in [-0.05, 0) is 61.0 Å². The van der Waals surface area contributed by atoms with Crippen LogP contribution >= 0.6 is 11.3 Å². The number of hydrogen-bond donors (Lipinski definition) is 1. The van der Waals surface area contributed by atoms with Crippen LogP contribution in [-0.2, 0) is 0 Å². The van der Waals surface area contributed by atoms with Crippen molar-refractivity contribution >= 4 is 33.1 Å². The topological polar surface area (TPSA) is 56.3 Å². The monoisotopic (exact) mass is 439 g/mol. The third-order valence-electron chi connectivity index (χ3n) is 4.94. The average molecular weight is 440 g/mol. The highest BCUT2D eigenvalue weighted by molar-refractivity contribution is 7.17. The number of nitrogens with one attached hydrogen (secondary N) is 1. The quantitative estimate of drug-likeness (QED) is 0.288. The van der Waals surface area contributed by atoms with E-state index < -0.39 is 0 Å². The minimum Gasteiger partial charge on any atom is -0.494 e. The number of benzene rings is 3. The summed E-state index contributed by atoms with van der Waals surface area (Å²) < 4.78 is 11.5. The molecule has 2 heterocycles. The molecule has 5 nitrogen and oxygen atoms in total. The number of anilines is 2. The molecule has 0 spiro atoms. The summed E-state index contributed by atoms with van der Waals surface area (Å²) in [6.45, 7) is 2.63. The van der Waals surface area contributed by atoms with E-state index in [0.29, 0.717) is 6.61 Å². The second kappa shape index (κ2) is 9.08. The van der Waals surface area contributed by atoms with Gasteiger partial charge in [0, 0.05) is 16.6 Å². The molecule has 0 unspecified atom stereocenters. The zero-order valence-corrected chi connectivity index (χ0v) is 18.3. The Kier molecular flexibility index (Phi) is 5.68. The van der Waals surface area contributed by atoms with Gasteiger partial charge in [0.2, 0.25) is 0 Å². The molecule has 2 aromatic heterocycles. The van der Waals surface area contributed by atoms with Gasteiger partial charge in [-0.25, -0.2) is 9.97 Å². The molecule has 0 saturated carbocycles. The van der Waals surface area contributed by atoms with Gasteiger partial charge in [0.25, 0.3) is 0 Å². The Hall–Kier alpha value is -3.90. The molecular formula is C26H21N3O2S. The predicted octanol–water partition coefficient (Wildman–Crippen LogP) is 7.29. The Morgan fingerprint density at radius 3 is 2.28 bits per heavy atom. The van der Waals surface area contributed by atoms with E-state index in [1.165, 1.54) is 0 Å². The zero-order chi connectivity index (χ0) is 21.8. The molecule has 0 saturated heterocycles. The van der Waals surface area contributed by atoms with Crippen molar-refractivity contribution in [1.29, 1.82) is 0 Å². The van der Waals surface area contributed by atoms with Crippen LogP contribution in [0.15, 0.2) is 90.6 Å². The van der Waals surface area contributed by atoms with Gasteiger partial charge in [0.1, 0.15) is 34.2 Å². The lowest BCUT2D eigenvalue weighted by atomic mass is 10.1. The largest absolute Gasteiger partial charge is 0.494 e. The van der Waals surface area contributed by atoms with Gasteiger partial charge in [0.15, 0.2) is 0 Å². The zero-order valence-electron chi connectivity index (χ0n) is 17.5. The summed E-state index contributed by atoms with van der Waals surface area (Å²) in [5.41, 5.74) is 3.12. The number of fused-ring (bicyclic) bond motifs is 1. The first-order chi connectivity index (χ1) is 15.8. The average Bonchev–Trinajstić information content (AvgIpc) is 3.27. The van der Waals surface area contributed by atoms with Crippen LogP contribution in [0.3, 0.4) is 0 Å². The fraction of sp³-hybridized carbons (Fsp3) is 0.0769. The fourth-order valence-corrected chi connectivity index (χ4v) is 4.36. The summed E-state index contributed by atoms with van der Waals surface area (Å²) in [6.07, 6.45) is 1.59. The summed E-state index contributed by atoms with van der Waals surface area (Å²) in [5, 5.41) is 6.57. The Balaban J connectivity index is 1.41. The smallest absolute Gasteiger partial charge is 0.143 e. The van der Waals surface area contributed by atoms with Gasteiger partial charge >= 0.3 is 0 Å². The van der Waals surface area contributed by atoms with Crippen molar-refractivity contribution in [3.63, 3.8) is 0 Å². The molecule has 32 heavy (non-hydrogen) atoms.